The molecule has 7 heteroatoms. The molecule has 26 heavy (non-hydrogen) atoms. The smallest absolute Gasteiger partial charge is 0.253 e. The molecule has 1 aromatic carbocycles. The Balaban J connectivity index is 1.56. The molecule has 136 valence electrons. The maximum absolute atomic E-state index is 12.7. The second-order valence-electron chi connectivity index (χ2n) is 7.21. The van der Waals surface area contributed by atoms with Crippen molar-refractivity contribution in [2.24, 2.45) is 0 Å². The van der Waals surface area contributed by atoms with Crippen LogP contribution in [0, 0.1) is 6.92 Å². The fourth-order valence-corrected chi connectivity index (χ4v) is 4.09. The first-order valence-electron chi connectivity index (χ1n) is 8.78. The molecule has 2 aromatic rings. The van der Waals surface area contributed by atoms with Gasteiger partial charge >= 0.3 is 0 Å². The minimum Gasteiger partial charge on any atom is -0.338 e. The van der Waals surface area contributed by atoms with Crippen molar-refractivity contribution in [3.05, 3.63) is 46.6 Å². The zero-order chi connectivity index (χ0) is 18.5. The largest absolute Gasteiger partial charge is 0.338 e. The highest BCUT2D eigenvalue weighted by Crippen LogP contribution is 2.41. The third kappa shape index (κ3) is 2.69. The van der Waals surface area contributed by atoms with Crippen LogP contribution >= 0.6 is 11.6 Å². The lowest BCUT2D eigenvalue weighted by Crippen LogP contribution is -2.54. The van der Waals surface area contributed by atoms with Crippen molar-refractivity contribution >= 4 is 29.2 Å². The summed E-state index contributed by atoms with van der Waals surface area (Å²) < 4.78 is 2.01. The van der Waals surface area contributed by atoms with E-state index >= 15 is 0 Å². The van der Waals surface area contributed by atoms with Gasteiger partial charge in [0, 0.05) is 36.8 Å². The van der Waals surface area contributed by atoms with E-state index in [0.29, 0.717) is 30.1 Å². The zero-order valence-corrected chi connectivity index (χ0v) is 15.7. The molecule has 0 N–H and O–H groups in total. The number of carbonyl (C=O) groups is 2. The van der Waals surface area contributed by atoms with Gasteiger partial charge in [0.15, 0.2) is 0 Å². The van der Waals surface area contributed by atoms with Crippen molar-refractivity contribution in [1.82, 2.24) is 14.7 Å². The van der Waals surface area contributed by atoms with Gasteiger partial charge in [0.25, 0.3) is 5.91 Å². The summed E-state index contributed by atoms with van der Waals surface area (Å²) in [6, 6.07) is 8.92. The van der Waals surface area contributed by atoms with Crippen molar-refractivity contribution in [3.63, 3.8) is 0 Å². The number of piperidine rings is 1. The number of carbonyl (C=O) groups excluding carboxylic acids is 2. The van der Waals surface area contributed by atoms with Gasteiger partial charge in [-0.1, -0.05) is 11.6 Å². The standard InChI is InChI=1S/C19H21ClN4O2/c1-13-11-16-22(2)17(25)12-19(24(16)21-13)7-9-23(10-8-19)18(26)14-3-5-15(20)6-4-14/h3-6,11H,7-10,12H2,1-2H3. The van der Waals surface area contributed by atoms with E-state index in [1.165, 1.54) is 0 Å². The second-order valence-corrected chi connectivity index (χ2v) is 7.65. The van der Waals surface area contributed by atoms with Gasteiger partial charge in [-0.2, -0.15) is 5.10 Å². The van der Waals surface area contributed by atoms with Crippen molar-refractivity contribution in [2.45, 2.75) is 31.7 Å². The number of nitrogens with zero attached hydrogens (tertiary/aromatic N) is 4. The van der Waals surface area contributed by atoms with Crippen LogP contribution in [0.15, 0.2) is 30.3 Å². The highest BCUT2D eigenvalue weighted by atomic mass is 35.5. The van der Waals surface area contributed by atoms with Gasteiger partial charge in [-0.05, 0) is 44.0 Å². The van der Waals surface area contributed by atoms with Gasteiger partial charge in [0.05, 0.1) is 17.7 Å². The Kier molecular flexibility index (Phi) is 4.03. The lowest BCUT2D eigenvalue weighted by atomic mass is 9.82. The molecule has 1 aromatic heterocycles. The number of likely N-dealkylation sites (tertiary alicyclic amines) is 1. The number of halogens is 1. The Morgan fingerprint density at radius 3 is 2.50 bits per heavy atom. The minimum atomic E-state index is -0.329. The number of amides is 2. The van der Waals surface area contributed by atoms with E-state index in [1.807, 2.05) is 22.6 Å². The molecule has 6 nitrogen and oxygen atoms in total. The first-order chi connectivity index (χ1) is 12.4. The van der Waals surface area contributed by atoms with Crippen LogP contribution in [0.5, 0.6) is 0 Å². The van der Waals surface area contributed by atoms with E-state index in [2.05, 4.69) is 5.10 Å². The molecule has 0 unspecified atom stereocenters. The molecule has 0 aliphatic carbocycles. The molecule has 1 saturated heterocycles. The molecule has 2 aliphatic rings. The van der Waals surface area contributed by atoms with E-state index in [0.717, 1.165) is 24.4 Å². The molecule has 2 amide bonds. The topological polar surface area (TPSA) is 58.4 Å². The van der Waals surface area contributed by atoms with Crippen LogP contribution in [0.25, 0.3) is 0 Å². The normalized spacial score (nSPS) is 19.0. The number of rotatable bonds is 1. The molecule has 2 aliphatic heterocycles. The molecule has 0 saturated carbocycles. The van der Waals surface area contributed by atoms with Gasteiger partial charge in [0.1, 0.15) is 5.82 Å². The van der Waals surface area contributed by atoms with Crippen LogP contribution in [0.2, 0.25) is 5.02 Å². The van der Waals surface area contributed by atoms with Crippen LogP contribution in [0.4, 0.5) is 5.82 Å². The van der Waals surface area contributed by atoms with Gasteiger partial charge in [0.2, 0.25) is 5.91 Å². The minimum absolute atomic E-state index is 0.00707. The Bertz CT molecular complexity index is 866. The summed E-state index contributed by atoms with van der Waals surface area (Å²) in [6.45, 7) is 3.16. The number of anilines is 1. The van der Waals surface area contributed by atoms with Crippen LogP contribution in [0.1, 0.15) is 35.3 Å². The third-order valence-electron chi connectivity index (χ3n) is 5.53. The predicted molar refractivity (Wildman–Crippen MR) is 99.6 cm³/mol. The molecule has 3 heterocycles. The van der Waals surface area contributed by atoms with E-state index < -0.39 is 0 Å². The monoisotopic (exact) mass is 372 g/mol. The summed E-state index contributed by atoms with van der Waals surface area (Å²) in [5, 5.41) is 5.27. The van der Waals surface area contributed by atoms with Crippen LogP contribution in [0.3, 0.4) is 0 Å². The van der Waals surface area contributed by atoms with Gasteiger partial charge in [-0.25, -0.2) is 4.68 Å². The fourth-order valence-electron chi connectivity index (χ4n) is 3.97. The number of benzene rings is 1. The Hall–Kier alpha value is -2.34. The lowest BCUT2D eigenvalue weighted by molar-refractivity contribution is -0.122. The summed E-state index contributed by atoms with van der Waals surface area (Å²) in [6.07, 6.45) is 1.88. The van der Waals surface area contributed by atoms with Crippen LogP contribution in [-0.4, -0.2) is 46.6 Å². The van der Waals surface area contributed by atoms with E-state index in [9.17, 15) is 9.59 Å². The van der Waals surface area contributed by atoms with Crippen molar-refractivity contribution in [2.75, 3.05) is 25.0 Å². The maximum atomic E-state index is 12.7. The average Bonchev–Trinajstić information content (AvgIpc) is 3.04. The Morgan fingerprint density at radius 1 is 1.19 bits per heavy atom. The lowest BCUT2D eigenvalue weighted by Gasteiger charge is -2.46. The summed E-state index contributed by atoms with van der Waals surface area (Å²) in [5.41, 5.74) is 1.21. The molecule has 0 bridgehead atoms. The fraction of sp³-hybridized carbons (Fsp3) is 0.421. The first kappa shape index (κ1) is 17.1. The summed E-state index contributed by atoms with van der Waals surface area (Å²) in [4.78, 5) is 28.8. The predicted octanol–water partition coefficient (Wildman–Crippen LogP) is 2.84. The highest BCUT2D eigenvalue weighted by molar-refractivity contribution is 6.30. The molecule has 0 atom stereocenters. The molecule has 4 rings (SSSR count). The Morgan fingerprint density at radius 2 is 1.85 bits per heavy atom. The van der Waals surface area contributed by atoms with E-state index in [4.69, 9.17) is 11.6 Å². The van der Waals surface area contributed by atoms with Crippen molar-refractivity contribution < 1.29 is 9.59 Å². The average molecular weight is 373 g/mol. The molecular formula is C19H21ClN4O2. The molecule has 1 fully saturated rings. The van der Waals surface area contributed by atoms with Crippen molar-refractivity contribution in [3.8, 4) is 0 Å². The zero-order valence-electron chi connectivity index (χ0n) is 14.9. The summed E-state index contributed by atoms with van der Waals surface area (Å²) in [7, 11) is 1.79. The summed E-state index contributed by atoms with van der Waals surface area (Å²) >= 11 is 5.90. The third-order valence-corrected chi connectivity index (χ3v) is 5.78. The number of fused-ring (bicyclic) bond motifs is 2. The summed E-state index contributed by atoms with van der Waals surface area (Å²) in [5.74, 6) is 0.957. The molecular weight excluding hydrogens is 352 g/mol. The number of hydrogen-bond donors (Lipinski definition) is 0. The number of aryl methyl sites for hydroxylation is 1. The van der Waals surface area contributed by atoms with Crippen LogP contribution < -0.4 is 4.90 Å². The second kappa shape index (κ2) is 6.13. The van der Waals surface area contributed by atoms with Crippen LogP contribution in [-0.2, 0) is 10.3 Å². The molecule has 1 spiro atoms. The SMILES string of the molecule is Cc1cc2n(n1)C1(CCN(C(=O)c3ccc(Cl)cc3)CC1)CC(=O)N2C. The van der Waals surface area contributed by atoms with Gasteiger partial charge in [-0.15, -0.1) is 0 Å². The maximum Gasteiger partial charge on any atom is 0.253 e. The van der Waals surface area contributed by atoms with E-state index in [1.54, 1.807) is 36.2 Å². The van der Waals surface area contributed by atoms with Crippen molar-refractivity contribution in [1.29, 1.82) is 0 Å². The Labute approximate surface area is 157 Å². The number of aromatic nitrogens is 2. The highest BCUT2D eigenvalue weighted by Gasteiger charge is 2.45. The number of hydrogen-bond acceptors (Lipinski definition) is 3. The quantitative estimate of drug-likeness (QED) is 0.773. The first-order valence-corrected chi connectivity index (χ1v) is 9.16. The van der Waals surface area contributed by atoms with E-state index in [-0.39, 0.29) is 17.4 Å². The molecule has 0 radical (unpaired) electrons. The van der Waals surface area contributed by atoms with Gasteiger partial charge in [-0.3, -0.25) is 9.59 Å². The van der Waals surface area contributed by atoms with Gasteiger partial charge < -0.3 is 9.80 Å².